The minimum Gasteiger partial charge on any atom is -0.382 e. The summed E-state index contributed by atoms with van der Waals surface area (Å²) < 4.78 is 38.6. The Labute approximate surface area is 230 Å². The summed E-state index contributed by atoms with van der Waals surface area (Å²) in [5, 5.41) is 5.81. The van der Waals surface area contributed by atoms with Crippen molar-refractivity contribution < 1.29 is 27.6 Å². The topological polar surface area (TPSA) is 117 Å². The summed E-state index contributed by atoms with van der Waals surface area (Å²) in [6.45, 7) is 3.02. The zero-order chi connectivity index (χ0) is 28.8. The fourth-order valence-corrected chi connectivity index (χ4v) is 6.14. The Bertz CT molecular complexity index is 1300. The van der Waals surface area contributed by atoms with E-state index in [1.165, 1.54) is 19.1 Å². The molecule has 2 bridgehead atoms. The molecule has 4 atom stereocenters. The number of rotatable bonds is 9. The van der Waals surface area contributed by atoms with Gasteiger partial charge in [0.2, 0.25) is 0 Å². The van der Waals surface area contributed by atoms with Crippen LogP contribution in [0.1, 0.15) is 88.5 Å². The number of carbonyl (C=O) groups is 3. The highest BCUT2D eigenvalue weighted by Gasteiger charge is 2.42. The van der Waals surface area contributed by atoms with E-state index in [0.717, 1.165) is 44.3 Å². The molecular weight excluding hydrogens is 523 g/mol. The van der Waals surface area contributed by atoms with Crippen LogP contribution in [0, 0.1) is 12.8 Å². The van der Waals surface area contributed by atoms with Gasteiger partial charge in [-0.3, -0.25) is 14.4 Å². The highest BCUT2D eigenvalue weighted by Crippen LogP contribution is 2.39. The maximum atomic E-state index is 13.3. The number of amides is 2. The second-order valence-corrected chi connectivity index (χ2v) is 11.4. The third-order valence-electron chi connectivity index (χ3n) is 8.13. The van der Waals surface area contributed by atoms with Crippen LogP contribution in [-0.4, -0.2) is 52.9 Å². The molecule has 2 aliphatic heterocycles. The first-order valence-corrected chi connectivity index (χ1v) is 13.8. The van der Waals surface area contributed by atoms with Crippen LogP contribution in [0.5, 0.6) is 0 Å². The van der Waals surface area contributed by atoms with Gasteiger partial charge in [-0.05, 0) is 82.2 Å². The van der Waals surface area contributed by atoms with E-state index in [1.54, 1.807) is 13.1 Å². The van der Waals surface area contributed by atoms with Crippen molar-refractivity contribution in [3.63, 3.8) is 0 Å². The van der Waals surface area contributed by atoms with Gasteiger partial charge in [-0.25, -0.2) is 4.98 Å². The van der Waals surface area contributed by atoms with Crippen LogP contribution in [0.25, 0.3) is 0 Å². The first-order chi connectivity index (χ1) is 18.9. The number of hydrogen-bond acceptors (Lipinski definition) is 6. The SMILES string of the molecule is Cc1cc(C(N)=O)c(NC(C)CC(F)(F)F)cc1C(=O)NC1C[C@H]2CC[C@@H](C1)N2c1ccc(C(=O)C2CC2)cn1. The number of aromatic nitrogens is 1. The average Bonchev–Trinajstić information content (AvgIpc) is 3.68. The number of ketones is 1. The van der Waals surface area contributed by atoms with E-state index in [1.807, 2.05) is 12.1 Å². The van der Waals surface area contributed by atoms with Crippen LogP contribution in [-0.2, 0) is 0 Å². The van der Waals surface area contributed by atoms with Gasteiger partial charge >= 0.3 is 6.18 Å². The Balaban J connectivity index is 1.27. The molecule has 4 N–H and O–H groups in total. The number of piperidine rings is 1. The standard InChI is InChI=1S/C29H34F3N5O3/c1-15-9-23(27(33)39)24(35-16(2)13-29(30,31)32)12-22(15)28(40)36-19-10-20-6-7-21(11-19)37(20)25-8-5-18(14-34-25)26(38)17-3-4-17/h5,8-9,12,14,16-17,19-21,35H,3-4,6-7,10-11,13H2,1-2H3,(H2,33,39)(H,36,40)/t16?,19?,20-,21+. The van der Waals surface area contributed by atoms with Crippen molar-refractivity contribution in [3.8, 4) is 0 Å². The number of nitrogens with one attached hydrogen (secondary N) is 2. The molecule has 1 saturated carbocycles. The Morgan fingerprint density at radius 3 is 2.30 bits per heavy atom. The number of pyridine rings is 1. The van der Waals surface area contributed by atoms with Crippen LogP contribution in [0.4, 0.5) is 24.7 Å². The van der Waals surface area contributed by atoms with E-state index in [9.17, 15) is 27.6 Å². The van der Waals surface area contributed by atoms with Gasteiger partial charge in [0, 0.05) is 53.1 Å². The lowest BCUT2D eigenvalue weighted by atomic mass is 9.95. The molecule has 2 amide bonds. The summed E-state index contributed by atoms with van der Waals surface area (Å²) in [6, 6.07) is 5.90. The third-order valence-corrected chi connectivity index (χ3v) is 8.13. The molecule has 1 aromatic heterocycles. The molecule has 5 rings (SSSR count). The number of benzene rings is 1. The van der Waals surface area contributed by atoms with Gasteiger partial charge in [0.15, 0.2) is 5.78 Å². The number of hydrogen-bond donors (Lipinski definition) is 3. The minimum absolute atomic E-state index is 0.0341. The van der Waals surface area contributed by atoms with Gasteiger partial charge in [0.25, 0.3) is 11.8 Å². The van der Waals surface area contributed by atoms with E-state index in [-0.39, 0.29) is 52.5 Å². The first-order valence-electron chi connectivity index (χ1n) is 13.8. The molecule has 2 aromatic rings. The number of aryl methyl sites for hydroxylation is 1. The quantitative estimate of drug-likeness (QED) is 0.383. The van der Waals surface area contributed by atoms with Gasteiger partial charge in [-0.2, -0.15) is 13.2 Å². The molecule has 1 aromatic carbocycles. The van der Waals surface area contributed by atoms with E-state index < -0.39 is 24.5 Å². The molecule has 214 valence electrons. The molecule has 3 heterocycles. The summed E-state index contributed by atoms with van der Waals surface area (Å²) in [5.74, 6) is 0.00848. The lowest BCUT2D eigenvalue weighted by Gasteiger charge is -2.40. The van der Waals surface area contributed by atoms with E-state index in [0.29, 0.717) is 11.1 Å². The van der Waals surface area contributed by atoms with Gasteiger partial charge in [0.1, 0.15) is 5.82 Å². The average molecular weight is 558 g/mol. The van der Waals surface area contributed by atoms with Crippen LogP contribution < -0.4 is 21.3 Å². The van der Waals surface area contributed by atoms with Crippen LogP contribution in [0.2, 0.25) is 0 Å². The molecule has 3 aliphatic rings. The summed E-state index contributed by atoms with van der Waals surface area (Å²) in [4.78, 5) is 44.6. The molecular formula is C29H34F3N5O3. The van der Waals surface area contributed by atoms with E-state index in [4.69, 9.17) is 5.73 Å². The molecule has 0 spiro atoms. The van der Waals surface area contributed by atoms with E-state index in [2.05, 4.69) is 20.5 Å². The fourth-order valence-electron chi connectivity index (χ4n) is 6.14. The second kappa shape index (κ2) is 10.7. The lowest BCUT2D eigenvalue weighted by molar-refractivity contribution is -0.136. The second-order valence-electron chi connectivity index (χ2n) is 11.4. The van der Waals surface area contributed by atoms with Crippen molar-refractivity contribution in [3.05, 3.63) is 52.7 Å². The number of fused-ring (bicyclic) bond motifs is 2. The normalized spacial score (nSPS) is 23.0. The monoisotopic (exact) mass is 557 g/mol. The van der Waals surface area contributed by atoms with Crippen molar-refractivity contribution in [2.45, 2.75) is 89.1 Å². The van der Waals surface area contributed by atoms with Crippen molar-refractivity contribution in [1.29, 1.82) is 0 Å². The van der Waals surface area contributed by atoms with Crippen molar-refractivity contribution in [2.24, 2.45) is 11.7 Å². The zero-order valence-electron chi connectivity index (χ0n) is 22.6. The smallest absolute Gasteiger partial charge is 0.382 e. The molecule has 0 radical (unpaired) electrons. The van der Waals surface area contributed by atoms with Crippen LogP contribution >= 0.6 is 0 Å². The van der Waals surface area contributed by atoms with Crippen molar-refractivity contribution >= 4 is 29.1 Å². The molecule has 2 saturated heterocycles. The number of nitrogens with zero attached hydrogens (tertiary/aromatic N) is 2. The molecule has 3 fully saturated rings. The summed E-state index contributed by atoms with van der Waals surface area (Å²) >= 11 is 0. The fraction of sp³-hybridized carbons (Fsp3) is 0.517. The van der Waals surface area contributed by atoms with Gasteiger partial charge in [-0.1, -0.05) is 0 Å². The molecule has 1 aliphatic carbocycles. The largest absolute Gasteiger partial charge is 0.391 e. The number of halogens is 3. The predicted molar refractivity (Wildman–Crippen MR) is 145 cm³/mol. The van der Waals surface area contributed by atoms with Crippen molar-refractivity contribution in [2.75, 3.05) is 10.2 Å². The zero-order valence-corrected chi connectivity index (χ0v) is 22.6. The molecule has 40 heavy (non-hydrogen) atoms. The van der Waals surface area contributed by atoms with Gasteiger partial charge < -0.3 is 21.3 Å². The number of Topliss-reactive ketones (excluding diaryl/α,β-unsaturated/α-hetero) is 1. The maximum Gasteiger partial charge on any atom is 0.391 e. The number of nitrogens with two attached hydrogens (primary N) is 1. The first kappa shape index (κ1) is 27.9. The Hall–Kier alpha value is -3.63. The summed E-state index contributed by atoms with van der Waals surface area (Å²) in [6.07, 6.45) is 1.47. The molecule has 11 heteroatoms. The Morgan fingerprint density at radius 1 is 1.07 bits per heavy atom. The maximum absolute atomic E-state index is 13.3. The third kappa shape index (κ3) is 6.08. The predicted octanol–water partition coefficient (Wildman–Crippen LogP) is 4.76. The van der Waals surface area contributed by atoms with Crippen molar-refractivity contribution in [1.82, 2.24) is 10.3 Å². The number of primary amides is 1. The summed E-state index contributed by atoms with van der Waals surface area (Å²) in [7, 11) is 0. The number of alkyl halides is 3. The summed E-state index contributed by atoms with van der Waals surface area (Å²) in [5.41, 5.74) is 7.04. The van der Waals surface area contributed by atoms with Crippen LogP contribution in [0.15, 0.2) is 30.5 Å². The Kier molecular flexibility index (Phi) is 7.50. The molecule has 2 unspecified atom stereocenters. The van der Waals surface area contributed by atoms with Crippen LogP contribution in [0.3, 0.4) is 0 Å². The highest BCUT2D eigenvalue weighted by atomic mass is 19.4. The molecule has 8 nitrogen and oxygen atoms in total. The lowest BCUT2D eigenvalue weighted by Crippen LogP contribution is -2.50. The van der Waals surface area contributed by atoms with Gasteiger partial charge in [-0.15, -0.1) is 0 Å². The van der Waals surface area contributed by atoms with E-state index >= 15 is 0 Å². The Morgan fingerprint density at radius 2 is 1.75 bits per heavy atom. The minimum atomic E-state index is -4.38. The van der Waals surface area contributed by atoms with Gasteiger partial charge in [0.05, 0.1) is 12.0 Å². The number of carbonyl (C=O) groups excluding carboxylic acids is 3. The number of anilines is 2. The highest BCUT2D eigenvalue weighted by molar-refractivity contribution is 6.03.